The maximum Gasteiger partial charge on any atom is 0.243 e. The lowest BCUT2D eigenvalue weighted by atomic mass is 10.2. The highest BCUT2D eigenvalue weighted by Crippen LogP contribution is 2.31. The topological polar surface area (TPSA) is 106 Å². The van der Waals surface area contributed by atoms with Crippen molar-refractivity contribution in [3.8, 4) is 0 Å². The molecule has 0 amide bonds. The molecule has 0 saturated carbocycles. The van der Waals surface area contributed by atoms with E-state index in [1.165, 1.54) is 16.4 Å². The molecule has 2 atom stereocenters. The summed E-state index contributed by atoms with van der Waals surface area (Å²) in [5, 5.41) is 0. The average molecular weight is 422 g/mol. The highest BCUT2D eigenvalue weighted by molar-refractivity contribution is 7.92. The molecule has 2 fully saturated rings. The van der Waals surface area contributed by atoms with Gasteiger partial charge >= 0.3 is 0 Å². The van der Waals surface area contributed by atoms with Crippen molar-refractivity contribution in [1.82, 2.24) is 4.31 Å². The summed E-state index contributed by atoms with van der Waals surface area (Å²) in [6.45, 7) is 1.96. The smallest absolute Gasteiger partial charge is 0.229 e. The van der Waals surface area contributed by atoms with Crippen molar-refractivity contribution in [3.05, 3.63) is 29.8 Å². The van der Waals surface area contributed by atoms with Gasteiger partial charge in [0.25, 0.3) is 0 Å². The van der Waals surface area contributed by atoms with Gasteiger partial charge in [-0.1, -0.05) is 19.1 Å². The predicted octanol–water partition coefficient (Wildman–Crippen LogP) is 0.614. The Kier molecular flexibility index (Phi) is 5.24. The van der Waals surface area contributed by atoms with Crippen molar-refractivity contribution < 1.29 is 25.3 Å². The summed E-state index contributed by atoms with van der Waals surface area (Å²) < 4.78 is 75.3. The predicted molar refractivity (Wildman–Crippen MR) is 99.0 cm³/mol. The zero-order valence-corrected chi connectivity index (χ0v) is 17.0. The highest BCUT2D eigenvalue weighted by atomic mass is 32.2. The summed E-state index contributed by atoms with van der Waals surface area (Å²) in [6.07, 6.45) is 1.17. The van der Waals surface area contributed by atoms with Gasteiger partial charge in [-0.3, -0.25) is 0 Å². The fourth-order valence-electron chi connectivity index (χ4n) is 3.66. The summed E-state index contributed by atoms with van der Waals surface area (Å²) in [4.78, 5) is 0.0725. The van der Waals surface area contributed by atoms with Gasteiger partial charge in [0.1, 0.15) is 0 Å². The number of nitrogens with zero attached hydrogens (tertiary/aromatic N) is 1. The van der Waals surface area contributed by atoms with Crippen molar-refractivity contribution in [2.24, 2.45) is 0 Å². The summed E-state index contributed by atoms with van der Waals surface area (Å²) in [5.41, 5.74) is 0.988. The van der Waals surface area contributed by atoms with Crippen molar-refractivity contribution in [1.29, 1.82) is 0 Å². The van der Waals surface area contributed by atoms with E-state index in [-0.39, 0.29) is 40.7 Å². The normalized spacial score (nSPS) is 27.8. The van der Waals surface area contributed by atoms with E-state index in [1.807, 2.05) is 6.92 Å². The van der Waals surface area contributed by atoms with E-state index in [2.05, 4.69) is 0 Å². The first-order chi connectivity index (χ1) is 12.0. The first-order valence-electron chi connectivity index (χ1n) is 8.57. The van der Waals surface area contributed by atoms with Crippen LogP contribution in [0.25, 0.3) is 0 Å². The standard InChI is InChI=1S/C16H23NO6S3/c1-2-13-3-5-16(6-4-13)26(22,23)17(14-7-9-24(18,19)11-14)15-8-10-25(20,21)12-15/h3-6,14-15H,2,7-12H2,1H3/t14-,15-/m1/s1. The molecule has 0 N–H and O–H groups in total. The minimum atomic E-state index is -3.99. The molecule has 0 aromatic heterocycles. The minimum absolute atomic E-state index is 0.0715. The largest absolute Gasteiger partial charge is 0.243 e. The molecule has 2 saturated heterocycles. The van der Waals surface area contributed by atoms with Gasteiger partial charge in [-0.2, -0.15) is 4.31 Å². The van der Waals surface area contributed by atoms with Crippen LogP contribution in [0.3, 0.4) is 0 Å². The highest BCUT2D eigenvalue weighted by Gasteiger charge is 2.45. The molecule has 2 heterocycles. The quantitative estimate of drug-likeness (QED) is 0.690. The fraction of sp³-hybridized carbons (Fsp3) is 0.625. The van der Waals surface area contributed by atoms with Crippen LogP contribution < -0.4 is 0 Å². The summed E-state index contributed by atoms with van der Waals surface area (Å²) >= 11 is 0. The molecule has 1 aromatic rings. The monoisotopic (exact) mass is 421 g/mol. The Balaban J connectivity index is 2.01. The van der Waals surface area contributed by atoms with E-state index < -0.39 is 41.8 Å². The zero-order valence-electron chi connectivity index (χ0n) is 14.5. The van der Waals surface area contributed by atoms with E-state index in [0.717, 1.165) is 12.0 Å². The lowest BCUT2D eigenvalue weighted by Crippen LogP contribution is -2.48. The second-order valence-electron chi connectivity index (χ2n) is 6.95. The maximum absolute atomic E-state index is 13.3. The Hall–Kier alpha value is -0.970. The Morgan fingerprint density at radius 2 is 1.38 bits per heavy atom. The Bertz CT molecular complexity index is 937. The van der Waals surface area contributed by atoms with Crippen molar-refractivity contribution in [3.63, 3.8) is 0 Å². The number of sulfonamides is 1. The molecule has 0 aliphatic carbocycles. The number of aryl methyl sites for hydroxylation is 1. The minimum Gasteiger partial charge on any atom is -0.229 e. The van der Waals surface area contributed by atoms with Crippen LogP contribution in [-0.4, -0.2) is 64.7 Å². The van der Waals surface area contributed by atoms with Gasteiger partial charge in [0.2, 0.25) is 10.0 Å². The second kappa shape index (κ2) is 6.88. The average Bonchev–Trinajstić information content (AvgIpc) is 3.09. The molecule has 3 rings (SSSR count). The lowest BCUT2D eigenvalue weighted by molar-refractivity contribution is 0.280. The molecule has 2 aliphatic heterocycles. The van der Waals surface area contributed by atoms with Crippen LogP contribution in [0.5, 0.6) is 0 Å². The molecule has 2 aliphatic rings. The van der Waals surface area contributed by atoms with Gasteiger partial charge in [-0.05, 0) is 37.0 Å². The molecule has 0 radical (unpaired) electrons. The third-order valence-electron chi connectivity index (χ3n) is 5.04. The molecule has 10 heteroatoms. The van der Waals surface area contributed by atoms with Crippen molar-refractivity contribution >= 4 is 29.7 Å². The Labute approximate surface area is 155 Å². The first-order valence-corrected chi connectivity index (χ1v) is 13.7. The molecule has 146 valence electrons. The molecule has 7 nitrogen and oxygen atoms in total. The van der Waals surface area contributed by atoms with Crippen LogP contribution in [0.4, 0.5) is 0 Å². The molecule has 0 unspecified atom stereocenters. The Morgan fingerprint density at radius 3 is 1.73 bits per heavy atom. The van der Waals surface area contributed by atoms with Gasteiger partial charge in [0.15, 0.2) is 19.7 Å². The molecular weight excluding hydrogens is 398 g/mol. The summed E-state index contributed by atoms with van der Waals surface area (Å²) in [7, 11) is -10.6. The van der Waals surface area contributed by atoms with Crippen molar-refractivity contribution in [2.45, 2.75) is 43.2 Å². The van der Waals surface area contributed by atoms with Crippen LogP contribution >= 0.6 is 0 Å². The van der Waals surface area contributed by atoms with E-state index >= 15 is 0 Å². The van der Waals surface area contributed by atoms with E-state index in [9.17, 15) is 25.3 Å². The SMILES string of the molecule is CCc1ccc(S(=O)(=O)N([C@@H]2CCS(=O)(=O)C2)[C@@H]2CCS(=O)(=O)C2)cc1. The Morgan fingerprint density at radius 1 is 0.923 bits per heavy atom. The van der Waals surface area contributed by atoms with Crippen LogP contribution in [0.15, 0.2) is 29.2 Å². The lowest BCUT2D eigenvalue weighted by Gasteiger charge is -2.32. The molecule has 0 bridgehead atoms. The van der Waals surface area contributed by atoms with Gasteiger partial charge in [-0.25, -0.2) is 25.3 Å². The summed E-state index contributed by atoms with van der Waals surface area (Å²) in [5.74, 6) is -0.651. The van der Waals surface area contributed by atoms with E-state index in [0.29, 0.717) is 0 Å². The third kappa shape index (κ3) is 3.97. The molecular formula is C16H23NO6S3. The van der Waals surface area contributed by atoms with E-state index in [1.54, 1.807) is 12.1 Å². The van der Waals surface area contributed by atoms with Gasteiger partial charge in [0.05, 0.1) is 27.9 Å². The van der Waals surface area contributed by atoms with E-state index in [4.69, 9.17) is 0 Å². The van der Waals surface area contributed by atoms with Crippen LogP contribution in [-0.2, 0) is 36.1 Å². The number of rotatable bonds is 5. The zero-order chi connectivity index (χ0) is 19.2. The third-order valence-corrected chi connectivity index (χ3v) is 10.6. The number of hydrogen-bond donors (Lipinski definition) is 0. The second-order valence-corrected chi connectivity index (χ2v) is 13.2. The van der Waals surface area contributed by atoms with Crippen LogP contribution in [0, 0.1) is 0 Å². The van der Waals surface area contributed by atoms with Crippen LogP contribution in [0.2, 0.25) is 0 Å². The number of hydrogen-bond acceptors (Lipinski definition) is 6. The molecule has 1 aromatic carbocycles. The van der Waals surface area contributed by atoms with Crippen molar-refractivity contribution in [2.75, 3.05) is 23.0 Å². The molecule has 26 heavy (non-hydrogen) atoms. The van der Waals surface area contributed by atoms with Gasteiger partial charge in [0, 0.05) is 12.1 Å². The maximum atomic E-state index is 13.3. The van der Waals surface area contributed by atoms with Crippen LogP contribution in [0.1, 0.15) is 25.3 Å². The summed E-state index contributed by atoms with van der Waals surface area (Å²) in [6, 6.07) is 5.04. The fourth-order valence-corrected chi connectivity index (χ4v) is 9.14. The number of benzene rings is 1. The van der Waals surface area contributed by atoms with Gasteiger partial charge < -0.3 is 0 Å². The first kappa shape index (κ1) is 19.8. The molecule has 0 spiro atoms. The number of sulfone groups is 2. The van der Waals surface area contributed by atoms with Gasteiger partial charge in [-0.15, -0.1) is 0 Å².